The van der Waals surface area contributed by atoms with Crippen LogP contribution in [0.5, 0.6) is 5.75 Å². The lowest BCUT2D eigenvalue weighted by Crippen LogP contribution is -2.28. The van der Waals surface area contributed by atoms with Gasteiger partial charge in [0.05, 0.1) is 12.7 Å². The van der Waals surface area contributed by atoms with Gasteiger partial charge in [-0.05, 0) is 61.6 Å². The molecular weight excluding hydrogens is 381 g/mol. The molecule has 2 fully saturated rings. The number of unbranched alkanes of at least 4 members (excludes halogenated alkanes) is 1. The number of piperidine rings is 1. The van der Waals surface area contributed by atoms with Crippen molar-refractivity contribution in [1.82, 2.24) is 9.47 Å². The number of nitrogens with zero attached hydrogens (tertiary/aromatic N) is 2. The van der Waals surface area contributed by atoms with E-state index >= 15 is 0 Å². The summed E-state index contributed by atoms with van der Waals surface area (Å²) in [4.78, 5) is 14.5. The SMILES string of the molecule is COc1cccn(CCCCN2CC3C[C@]3(c3ccc(C(F)(F)F)cc3)C2)c1=O. The number of alkyl halides is 3. The van der Waals surface area contributed by atoms with Gasteiger partial charge in [-0.25, -0.2) is 0 Å². The summed E-state index contributed by atoms with van der Waals surface area (Å²) in [5.41, 5.74) is 0.366. The van der Waals surface area contributed by atoms with Crippen LogP contribution in [0.3, 0.4) is 0 Å². The number of hydrogen-bond donors (Lipinski definition) is 0. The van der Waals surface area contributed by atoms with Crippen molar-refractivity contribution in [3.05, 3.63) is 64.1 Å². The number of fused-ring (bicyclic) bond motifs is 1. The summed E-state index contributed by atoms with van der Waals surface area (Å²) in [6.45, 7) is 3.50. The van der Waals surface area contributed by atoms with Gasteiger partial charge in [-0.3, -0.25) is 4.79 Å². The first-order valence-corrected chi connectivity index (χ1v) is 9.97. The predicted octanol–water partition coefficient (Wildman–Crippen LogP) is 3.93. The standard InChI is InChI=1S/C22H25F3N2O2/c1-29-19-5-4-12-27(20(19)28)11-3-2-10-26-14-18-13-21(18,15-26)16-6-8-17(9-7-16)22(23,24)25/h4-9,12,18H,2-3,10-11,13-15H2,1H3/t18?,21-/m1/s1. The zero-order chi connectivity index (χ0) is 20.6. The summed E-state index contributed by atoms with van der Waals surface area (Å²) in [6.07, 6.45) is 0.413. The fraction of sp³-hybridized carbons (Fsp3) is 0.500. The van der Waals surface area contributed by atoms with Gasteiger partial charge < -0.3 is 14.2 Å². The molecule has 1 saturated heterocycles. The molecule has 4 nitrogen and oxygen atoms in total. The summed E-state index contributed by atoms with van der Waals surface area (Å²) in [5, 5.41) is 0. The normalized spacial score (nSPS) is 23.8. The van der Waals surface area contributed by atoms with Crippen molar-refractivity contribution in [2.45, 2.75) is 37.4 Å². The molecule has 156 valence electrons. The Balaban J connectivity index is 1.28. The van der Waals surface area contributed by atoms with Crippen LogP contribution < -0.4 is 10.3 Å². The minimum absolute atomic E-state index is 0.0356. The first kappa shape index (κ1) is 20.0. The molecule has 0 bridgehead atoms. The van der Waals surface area contributed by atoms with E-state index in [0.717, 1.165) is 44.5 Å². The number of methoxy groups -OCH3 is 1. The van der Waals surface area contributed by atoms with Crippen LogP contribution in [0.2, 0.25) is 0 Å². The largest absolute Gasteiger partial charge is 0.491 e. The molecule has 7 heteroatoms. The van der Waals surface area contributed by atoms with Crippen molar-refractivity contribution in [1.29, 1.82) is 0 Å². The van der Waals surface area contributed by atoms with Gasteiger partial charge in [-0.15, -0.1) is 0 Å². The summed E-state index contributed by atoms with van der Waals surface area (Å²) < 4.78 is 45.1. The lowest BCUT2D eigenvalue weighted by Gasteiger charge is -2.21. The van der Waals surface area contributed by atoms with Crippen molar-refractivity contribution in [3.63, 3.8) is 0 Å². The summed E-state index contributed by atoms with van der Waals surface area (Å²) in [6, 6.07) is 9.18. The zero-order valence-electron chi connectivity index (χ0n) is 16.4. The Hall–Kier alpha value is -2.28. The third-order valence-electron chi connectivity index (χ3n) is 6.33. The average molecular weight is 406 g/mol. The van der Waals surface area contributed by atoms with Gasteiger partial charge in [-0.1, -0.05) is 12.1 Å². The Labute approximate surface area is 167 Å². The summed E-state index contributed by atoms with van der Waals surface area (Å²) >= 11 is 0. The molecule has 2 heterocycles. The van der Waals surface area contributed by atoms with Crippen molar-refractivity contribution in [2.24, 2.45) is 5.92 Å². The Kier molecular flexibility index (Phi) is 5.19. The van der Waals surface area contributed by atoms with Crippen LogP contribution in [-0.4, -0.2) is 36.2 Å². The van der Waals surface area contributed by atoms with Crippen molar-refractivity contribution in [3.8, 4) is 5.75 Å². The highest BCUT2D eigenvalue weighted by molar-refractivity contribution is 5.39. The highest BCUT2D eigenvalue weighted by Crippen LogP contribution is 2.59. The maximum absolute atomic E-state index is 12.8. The first-order valence-electron chi connectivity index (χ1n) is 9.97. The fourth-order valence-electron chi connectivity index (χ4n) is 4.66. The number of hydrogen-bond acceptors (Lipinski definition) is 3. The number of benzene rings is 1. The van der Waals surface area contributed by atoms with E-state index in [-0.39, 0.29) is 11.0 Å². The number of aryl methyl sites for hydroxylation is 1. The van der Waals surface area contributed by atoms with Crippen LogP contribution in [0.1, 0.15) is 30.4 Å². The van der Waals surface area contributed by atoms with E-state index in [9.17, 15) is 18.0 Å². The molecule has 0 N–H and O–H groups in total. The predicted molar refractivity (Wildman–Crippen MR) is 104 cm³/mol. The maximum atomic E-state index is 12.8. The number of likely N-dealkylation sites (tertiary alicyclic amines) is 1. The summed E-state index contributed by atoms with van der Waals surface area (Å²) in [5.74, 6) is 0.894. The first-order chi connectivity index (χ1) is 13.8. The topological polar surface area (TPSA) is 34.5 Å². The highest BCUT2D eigenvalue weighted by atomic mass is 19.4. The van der Waals surface area contributed by atoms with Gasteiger partial charge in [0, 0.05) is 31.2 Å². The molecule has 1 aliphatic carbocycles. The number of pyridine rings is 1. The van der Waals surface area contributed by atoms with Gasteiger partial charge >= 0.3 is 6.18 Å². The number of aromatic nitrogens is 1. The number of halogens is 3. The van der Waals surface area contributed by atoms with Crippen molar-refractivity contribution < 1.29 is 17.9 Å². The van der Waals surface area contributed by atoms with Crippen molar-refractivity contribution in [2.75, 3.05) is 26.7 Å². The van der Waals surface area contributed by atoms with E-state index in [2.05, 4.69) is 4.90 Å². The van der Waals surface area contributed by atoms with Crippen LogP contribution >= 0.6 is 0 Å². The third-order valence-corrected chi connectivity index (χ3v) is 6.33. The van der Waals surface area contributed by atoms with Gasteiger partial charge in [0.2, 0.25) is 0 Å². The molecule has 2 aliphatic rings. The van der Waals surface area contributed by atoms with E-state index in [0.29, 0.717) is 18.2 Å². The van der Waals surface area contributed by atoms with E-state index in [1.165, 1.54) is 19.2 Å². The Bertz CT molecular complexity index is 923. The molecule has 1 aromatic heterocycles. The molecule has 1 saturated carbocycles. The van der Waals surface area contributed by atoms with Gasteiger partial charge in [0.15, 0.2) is 5.75 Å². The van der Waals surface area contributed by atoms with Crippen LogP contribution in [-0.2, 0) is 18.1 Å². The quantitative estimate of drug-likeness (QED) is 0.654. The van der Waals surface area contributed by atoms with Gasteiger partial charge in [0.1, 0.15) is 0 Å². The lowest BCUT2D eigenvalue weighted by molar-refractivity contribution is -0.137. The molecule has 0 spiro atoms. The number of rotatable bonds is 7. The molecule has 2 atom stereocenters. The maximum Gasteiger partial charge on any atom is 0.416 e. The monoisotopic (exact) mass is 406 g/mol. The van der Waals surface area contributed by atoms with Crippen LogP contribution in [0.25, 0.3) is 0 Å². The van der Waals surface area contributed by atoms with E-state index in [4.69, 9.17) is 4.74 Å². The third kappa shape index (κ3) is 3.92. The Morgan fingerprint density at radius 3 is 2.55 bits per heavy atom. The molecule has 29 heavy (non-hydrogen) atoms. The molecule has 2 aromatic rings. The zero-order valence-corrected chi connectivity index (χ0v) is 16.4. The second kappa shape index (κ2) is 7.52. The van der Waals surface area contributed by atoms with Gasteiger partial charge in [-0.2, -0.15) is 13.2 Å². The van der Waals surface area contributed by atoms with Crippen LogP contribution in [0.15, 0.2) is 47.4 Å². The average Bonchev–Trinajstić information content (AvgIpc) is 3.27. The molecule has 4 rings (SSSR count). The highest BCUT2D eigenvalue weighted by Gasteiger charge is 2.60. The lowest BCUT2D eigenvalue weighted by atomic mass is 9.94. The minimum Gasteiger partial charge on any atom is -0.491 e. The second-order valence-electron chi connectivity index (χ2n) is 8.15. The molecule has 0 radical (unpaired) electrons. The van der Waals surface area contributed by atoms with Gasteiger partial charge in [0.25, 0.3) is 5.56 Å². The fourth-order valence-corrected chi connectivity index (χ4v) is 4.66. The second-order valence-corrected chi connectivity index (χ2v) is 8.15. The van der Waals surface area contributed by atoms with Crippen molar-refractivity contribution >= 4 is 0 Å². The van der Waals surface area contributed by atoms with E-state index in [1.54, 1.807) is 29.0 Å². The Morgan fingerprint density at radius 1 is 1.14 bits per heavy atom. The van der Waals surface area contributed by atoms with Crippen LogP contribution in [0, 0.1) is 5.92 Å². The van der Waals surface area contributed by atoms with Crippen LogP contribution in [0.4, 0.5) is 13.2 Å². The minimum atomic E-state index is -4.29. The molecule has 1 aliphatic heterocycles. The summed E-state index contributed by atoms with van der Waals surface area (Å²) in [7, 11) is 1.49. The molecule has 0 amide bonds. The smallest absolute Gasteiger partial charge is 0.416 e. The van der Waals surface area contributed by atoms with E-state index < -0.39 is 11.7 Å². The Morgan fingerprint density at radius 2 is 1.86 bits per heavy atom. The molecule has 1 aromatic carbocycles. The molecule has 1 unspecified atom stereocenters. The number of ether oxygens (including phenoxy) is 1. The molecular formula is C22H25F3N2O2. The van der Waals surface area contributed by atoms with E-state index in [1.807, 2.05) is 6.07 Å².